The summed E-state index contributed by atoms with van der Waals surface area (Å²) in [5.74, 6) is -0.123. The van der Waals surface area contributed by atoms with Crippen molar-refractivity contribution in [3.05, 3.63) is 39.4 Å². The highest BCUT2D eigenvalue weighted by Crippen LogP contribution is 2.30. The van der Waals surface area contributed by atoms with Gasteiger partial charge in [0.05, 0.1) is 16.4 Å². The summed E-state index contributed by atoms with van der Waals surface area (Å²) >= 11 is 0. The summed E-state index contributed by atoms with van der Waals surface area (Å²) in [6, 6.07) is 6.57. The Bertz CT molecular complexity index is 626. The minimum absolute atomic E-state index is 0.0141. The second-order valence-electron chi connectivity index (χ2n) is 5.72. The van der Waals surface area contributed by atoms with Crippen molar-refractivity contribution < 1.29 is 9.72 Å². The third-order valence-corrected chi connectivity index (χ3v) is 4.08. The third-order valence-electron chi connectivity index (χ3n) is 4.08. The molecular formula is C15H17N3O3. The molecule has 0 aromatic heterocycles. The van der Waals surface area contributed by atoms with Crippen LogP contribution < -0.4 is 0 Å². The number of benzene rings is 1. The summed E-state index contributed by atoms with van der Waals surface area (Å²) < 4.78 is 0. The van der Waals surface area contributed by atoms with E-state index < -0.39 is 4.92 Å². The molecule has 0 saturated carbocycles. The molecule has 110 valence electrons. The topological polar surface area (TPSA) is 87.2 Å². The molecule has 6 nitrogen and oxygen atoms in total. The molecule has 0 spiro atoms. The number of likely N-dealkylation sites (tertiary alicyclic amines) is 1. The maximum Gasteiger partial charge on any atom is 0.269 e. The first-order chi connectivity index (χ1) is 9.86. The number of carbonyl (C=O) groups is 1. The lowest BCUT2D eigenvalue weighted by Gasteiger charge is -2.35. The van der Waals surface area contributed by atoms with Crippen molar-refractivity contribution in [2.75, 3.05) is 13.1 Å². The number of hydrogen-bond acceptors (Lipinski definition) is 4. The Labute approximate surface area is 123 Å². The van der Waals surface area contributed by atoms with Gasteiger partial charge in [-0.3, -0.25) is 14.9 Å². The normalized spacial score (nSPS) is 17.1. The molecule has 1 aliphatic heterocycles. The molecule has 6 heteroatoms. The number of carbonyl (C=O) groups excluding carboxylic acids is 1. The number of aryl methyl sites for hydroxylation is 1. The largest absolute Gasteiger partial charge is 0.339 e. The molecule has 0 bridgehead atoms. The maximum absolute atomic E-state index is 12.5. The minimum Gasteiger partial charge on any atom is -0.339 e. The Kier molecular flexibility index (Phi) is 3.94. The number of piperidine rings is 1. The van der Waals surface area contributed by atoms with E-state index >= 15 is 0 Å². The van der Waals surface area contributed by atoms with Crippen LogP contribution >= 0.6 is 0 Å². The molecule has 0 radical (unpaired) electrons. The first-order valence-electron chi connectivity index (χ1n) is 6.82. The van der Waals surface area contributed by atoms with Crippen molar-refractivity contribution in [2.24, 2.45) is 5.41 Å². The summed E-state index contributed by atoms with van der Waals surface area (Å²) in [6.45, 7) is 4.69. The van der Waals surface area contributed by atoms with Gasteiger partial charge < -0.3 is 4.90 Å². The lowest BCUT2D eigenvalue weighted by Crippen LogP contribution is -2.41. The number of amides is 1. The van der Waals surface area contributed by atoms with Crippen LogP contribution in [0.4, 0.5) is 5.69 Å². The number of nitrogens with zero attached hydrogens (tertiary/aromatic N) is 3. The van der Waals surface area contributed by atoms with Crippen LogP contribution in [0.3, 0.4) is 0 Å². The first-order valence-corrected chi connectivity index (χ1v) is 6.82. The molecule has 1 aromatic carbocycles. The lowest BCUT2D eigenvalue weighted by atomic mass is 9.82. The van der Waals surface area contributed by atoms with Gasteiger partial charge in [0, 0.05) is 30.8 Å². The second kappa shape index (κ2) is 5.52. The van der Waals surface area contributed by atoms with Crippen LogP contribution in [0.25, 0.3) is 0 Å². The van der Waals surface area contributed by atoms with Crippen LogP contribution in [0.15, 0.2) is 18.2 Å². The molecule has 0 unspecified atom stereocenters. The molecule has 1 aromatic rings. The monoisotopic (exact) mass is 287 g/mol. The zero-order valence-corrected chi connectivity index (χ0v) is 12.1. The second-order valence-corrected chi connectivity index (χ2v) is 5.72. The van der Waals surface area contributed by atoms with Crippen molar-refractivity contribution >= 4 is 11.6 Å². The fourth-order valence-corrected chi connectivity index (χ4v) is 2.49. The van der Waals surface area contributed by atoms with E-state index in [9.17, 15) is 14.9 Å². The molecular weight excluding hydrogens is 270 g/mol. The summed E-state index contributed by atoms with van der Waals surface area (Å²) in [7, 11) is 0. The van der Waals surface area contributed by atoms with Gasteiger partial charge in [0.25, 0.3) is 11.6 Å². The molecule has 1 saturated heterocycles. The number of hydrogen-bond donors (Lipinski definition) is 0. The van der Waals surface area contributed by atoms with Gasteiger partial charge in [0.15, 0.2) is 0 Å². The standard InChI is InChI=1S/C15H17N3O3/c1-11-9-12(18(20)21)3-4-13(11)14(19)17-7-5-15(2,10-16)6-8-17/h3-4,9H,5-8H2,1-2H3. The maximum atomic E-state index is 12.5. The van der Waals surface area contributed by atoms with E-state index in [2.05, 4.69) is 6.07 Å². The van der Waals surface area contributed by atoms with Crippen LogP contribution in [0.2, 0.25) is 0 Å². The summed E-state index contributed by atoms with van der Waals surface area (Å²) in [6.07, 6.45) is 1.31. The zero-order valence-electron chi connectivity index (χ0n) is 12.1. The molecule has 0 N–H and O–H groups in total. The molecule has 0 atom stereocenters. The number of nitriles is 1. The first kappa shape index (κ1) is 15.0. The Morgan fingerprint density at radius 3 is 2.52 bits per heavy atom. The van der Waals surface area contributed by atoms with Gasteiger partial charge in [-0.1, -0.05) is 0 Å². The average molecular weight is 287 g/mol. The lowest BCUT2D eigenvalue weighted by molar-refractivity contribution is -0.384. The van der Waals surface area contributed by atoms with E-state index in [0.29, 0.717) is 37.1 Å². The summed E-state index contributed by atoms with van der Waals surface area (Å²) in [5, 5.41) is 19.8. The number of nitro benzene ring substituents is 1. The minimum atomic E-state index is -0.472. The van der Waals surface area contributed by atoms with Gasteiger partial charge in [-0.25, -0.2) is 0 Å². The van der Waals surface area contributed by atoms with E-state index in [1.807, 2.05) is 6.92 Å². The number of rotatable bonds is 2. The Hall–Kier alpha value is -2.42. The van der Waals surface area contributed by atoms with Gasteiger partial charge in [-0.05, 0) is 38.3 Å². The SMILES string of the molecule is Cc1cc([N+](=O)[O-])ccc1C(=O)N1CCC(C)(C#N)CC1. The van der Waals surface area contributed by atoms with Gasteiger partial charge in [-0.2, -0.15) is 5.26 Å². The van der Waals surface area contributed by atoms with Crippen LogP contribution in [0.5, 0.6) is 0 Å². The smallest absolute Gasteiger partial charge is 0.269 e. The predicted molar refractivity (Wildman–Crippen MR) is 76.7 cm³/mol. The van der Waals surface area contributed by atoms with Crippen molar-refractivity contribution in [2.45, 2.75) is 26.7 Å². The van der Waals surface area contributed by atoms with Crippen LogP contribution in [-0.2, 0) is 0 Å². The molecule has 2 rings (SSSR count). The van der Waals surface area contributed by atoms with E-state index in [-0.39, 0.29) is 17.0 Å². The highest BCUT2D eigenvalue weighted by Gasteiger charge is 2.32. The summed E-state index contributed by atoms with van der Waals surface area (Å²) in [5.41, 5.74) is 0.713. The Morgan fingerprint density at radius 1 is 1.43 bits per heavy atom. The third kappa shape index (κ3) is 3.02. The Morgan fingerprint density at radius 2 is 2.05 bits per heavy atom. The number of nitro groups is 1. The van der Waals surface area contributed by atoms with Crippen molar-refractivity contribution in [1.29, 1.82) is 5.26 Å². The average Bonchev–Trinajstić information content (AvgIpc) is 2.47. The van der Waals surface area contributed by atoms with Crippen LogP contribution in [0.1, 0.15) is 35.7 Å². The predicted octanol–water partition coefficient (Wildman–Crippen LogP) is 2.67. The quantitative estimate of drug-likeness (QED) is 0.618. The van der Waals surface area contributed by atoms with Crippen molar-refractivity contribution in [3.8, 4) is 6.07 Å². The van der Waals surface area contributed by atoms with Gasteiger partial charge in [0.1, 0.15) is 0 Å². The molecule has 1 heterocycles. The molecule has 1 amide bonds. The van der Waals surface area contributed by atoms with Crippen LogP contribution in [-0.4, -0.2) is 28.8 Å². The highest BCUT2D eigenvalue weighted by molar-refractivity contribution is 5.96. The fourth-order valence-electron chi connectivity index (χ4n) is 2.49. The highest BCUT2D eigenvalue weighted by atomic mass is 16.6. The fraction of sp³-hybridized carbons (Fsp3) is 0.467. The van der Waals surface area contributed by atoms with Gasteiger partial charge in [0.2, 0.25) is 0 Å². The van der Waals surface area contributed by atoms with E-state index in [1.54, 1.807) is 11.8 Å². The van der Waals surface area contributed by atoms with E-state index in [0.717, 1.165) is 0 Å². The van der Waals surface area contributed by atoms with Crippen molar-refractivity contribution in [1.82, 2.24) is 4.90 Å². The molecule has 1 aliphatic rings. The van der Waals surface area contributed by atoms with Crippen LogP contribution in [0, 0.1) is 33.8 Å². The van der Waals surface area contributed by atoms with E-state index in [4.69, 9.17) is 5.26 Å². The van der Waals surface area contributed by atoms with Gasteiger partial charge >= 0.3 is 0 Å². The Balaban J connectivity index is 2.15. The molecule has 1 fully saturated rings. The van der Waals surface area contributed by atoms with E-state index in [1.165, 1.54) is 18.2 Å². The van der Waals surface area contributed by atoms with Gasteiger partial charge in [-0.15, -0.1) is 0 Å². The zero-order chi connectivity index (χ0) is 15.6. The number of non-ortho nitro benzene ring substituents is 1. The van der Waals surface area contributed by atoms with Crippen molar-refractivity contribution in [3.63, 3.8) is 0 Å². The molecule has 0 aliphatic carbocycles. The molecule has 21 heavy (non-hydrogen) atoms. The summed E-state index contributed by atoms with van der Waals surface area (Å²) in [4.78, 5) is 24.4.